The summed E-state index contributed by atoms with van der Waals surface area (Å²) in [5, 5.41) is 24.0. The second-order valence-electron chi connectivity index (χ2n) is 11.9. The van der Waals surface area contributed by atoms with Gasteiger partial charge in [-0.15, -0.1) is 0 Å². The van der Waals surface area contributed by atoms with Crippen LogP contribution in [0.1, 0.15) is 32.3 Å². The van der Waals surface area contributed by atoms with E-state index in [0.717, 1.165) is 12.0 Å². The maximum Gasteiger partial charge on any atom is 0.407 e. The number of nitrogens with zero attached hydrogens (tertiary/aromatic N) is 1. The van der Waals surface area contributed by atoms with Crippen LogP contribution in [0.25, 0.3) is 0 Å². The molecule has 0 aromatic heterocycles. The maximum absolute atomic E-state index is 14.0. The SMILES string of the molecule is CC(C)(CCO)CN(C[C@@H](O)[C@H](Cc1ccccc1)NC(=O)O[C@H]1CO[C@H]2OCC[C@H]21)S(=O)(=O)c1ccc2c(c1)OCO2. The molecule has 2 fully saturated rings. The second-order valence-corrected chi connectivity index (χ2v) is 13.9. The summed E-state index contributed by atoms with van der Waals surface area (Å²) in [4.78, 5) is 13.1. The minimum atomic E-state index is -4.15. The standard InChI is InChI=1S/C30H40N2O10S/c1-30(2,11-12-33)18-32(43(36,37)21-8-9-25-26(15-21)41-19-40-25)16-24(34)23(14-20-6-4-3-5-7-20)31-29(35)42-27-17-39-28-22(27)10-13-38-28/h3-9,15,22-24,27-28,33-34H,10-14,16-19H2,1-2H3,(H,31,35)/t22-,23-,24+,27-,28+/m0/s1. The van der Waals surface area contributed by atoms with Gasteiger partial charge in [-0.05, 0) is 42.4 Å². The number of nitrogens with one attached hydrogen (secondary N) is 1. The molecule has 3 aliphatic rings. The molecule has 0 spiro atoms. The number of ether oxygens (including phenoxy) is 5. The van der Waals surface area contributed by atoms with Gasteiger partial charge in [0.25, 0.3) is 0 Å². The Labute approximate surface area is 251 Å². The molecule has 3 heterocycles. The summed E-state index contributed by atoms with van der Waals surface area (Å²) in [5.74, 6) is 0.702. The molecule has 3 aliphatic heterocycles. The van der Waals surface area contributed by atoms with Gasteiger partial charge in [-0.2, -0.15) is 4.31 Å². The van der Waals surface area contributed by atoms with Crippen molar-refractivity contribution in [2.24, 2.45) is 11.3 Å². The third-order valence-corrected chi connectivity index (χ3v) is 9.88. The molecular weight excluding hydrogens is 580 g/mol. The summed E-state index contributed by atoms with van der Waals surface area (Å²) < 4.78 is 56.7. The fraction of sp³-hybridized carbons (Fsp3) is 0.567. The van der Waals surface area contributed by atoms with E-state index in [2.05, 4.69) is 5.32 Å². The number of rotatable bonds is 13. The lowest BCUT2D eigenvalue weighted by Crippen LogP contribution is -2.52. The minimum absolute atomic E-state index is 0.00482. The number of hydrogen-bond acceptors (Lipinski definition) is 10. The molecular formula is C30H40N2O10S. The molecule has 13 heteroatoms. The number of amides is 1. The summed E-state index contributed by atoms with van der Waals surface area (Å²) in [6, 6.07) is 12.8. The Bertz CT molecular complexity index is 1360. The number of benzene rings is 2. The van der Waals surface area contributed by atoms with Crippen LogP contribution >= 0.6 is 0 Å². The molecule has 0 radical (unpaired) electrons. The summed E-state index contributed by atoms with van der Waals surface area (Å²) in [7, 11) is -4.15. The third kappa shape index (κ3) is 7.59. The molecule has 0 bridgehead atoms. The highest BCUT2D eigenvalue weighted by molar-refractivity contribution is 7.89. The van der Waals surface area contributed by atoms with Gasteiger partial charge in [-0.3, -0.25) is 0 Å². The number of aliphatic hydroxyl groups is 2. The lowest BCUT2D eigenvalue weighted by Gasteiger charge is -2.35. The summed E-state index contributed by atoms with van der Waals surface area (Å²) >= 11 is 0. The van der Waals surface area contributed by atoms with Crippen molar-refractivity contribution in [1.82, 2.24) is 9.62 Å². The largest absolute Gasteiger partial charge is 0.454 e. The van der Waals surface area contributed by atoms with Crippen LogP contribution in [0, 0.1) is 11.3 Å². The molecule has 0 aliphatic carbocycles. The van der Waals surface area contributed by atoms with Crippen molar-refractivity contribution >= 4 is 16.1 Å². The molecule has 3 N–H and O–H groups in total. The van der Waals surface area contributed by atoms with Gasteiger partial charge in [0.15, 0.2) is 17.8 Å². The van der Waals surface area contributed by atoms with Crippen molar-refractivity contribution in [3.05, 3.63) is 54.1 Å². The molecule has 2 aromatic rings. The van der Waals surface area contributed by atoms with E-state index in [1.165, 1.54) is 22.5 Å². The van der Waals surface area contributed by atoms with E-state index in [1.54, 1.807) is 0 Å². The highest BCUT2D eigenvalue weighted by atomic mass is 32.2. The Morgan fingerprint density at radius 2 is 1.91 bits per heavy atom. The highest BCUT2D eigenvalue weighted by Gasteiger charge is 2.44. The van der Waals surface area contributed by atoms with E-state index in [-0.39, 0.29) is 56.6 Å². The molecule has 236 valence electrons. The predicted octanol–water partition coefficient (Wildman–Crippen LogP) is 2.27. The van der Waals surface area contributed by atoms with Crippen molar-refractivity contribution in [2.45, 2.75) is 62.5 Å². The molecule has 2 saturated heterocycles. The monoisotopic (exact) mass is 620 g/mol. The Hall–Kier alpha value is -2.94. The smallest absolute Gasteiger partial charge is 0.407 e. The van der Waals surface area contributed by atoms with E-state index < -0.39 is 39.8 Å². The first-order chi connectivity index (χ1) is 20.6. The normalized spacial score (nSPS) is 22.8. The van der Waals surface area contributed by atoms with Gasteiger partial charge in [0.05, 0.1) is 36.2 Å². The van der Waals surface area contributed by atoms with Crippen LogP contribution in [0.15, 0.2) is 53.4 Å². The molecule has 0 unspecified atom stereocenters. The number of alkyl carbamates (subject to hydrolysis) is 1. The first kappa shape index (κ1) is 31.5. The highest BCUT2D eigenvalue weighted by Crippen LogP contribution is 2.36. The zero-order chi connectivity index (χ0) is 30.6. The Morgan fingerprint density at radius 1 is 1.14 bits per heavy atom. The summed E-state index contributed by atoms with van der Waals surface area (Å²) in [6.07, 6.45) is -1.63. The molecule has 5 atom stereocenters. The number of hydrogen-bond donors (Lipinski definition) is 3. The number of aliphatic hydroxyl groups excluding tert-OH is 2. The topological polar surface area (TPSA) is 153 Å². The maximum atomic E-state index is 14.0. The first-order valence-corrected chi connectivity index (χ1v) is 15.9. The molecule has 1 amide bonds. The molecule has 2 aromatic carbocycles. The van der Waals surface area contributed by atoms with Crippen LogP contribution in [-0.2, 0) is 30.7 Å². The third-order valence-electron chi connectivity index (χ3n) is 8.08. The van der Waals surface area contributed by atoms with Gasteiger partial charge in [-0.1, -0.05) is 44.2 Å². The number of fused-ring (bicyclic) bond motifs is 2. The summed E-state index contributed by atoms with van der Waals surface area (Å²) in [5.41, 5.74) is 0.215. The molecule has 12 nitrogen and oxygen atoms in total. The first-order valence-electron chi connectivity index (χ1n) is 14.5. The van der Waals surface area contributed by atoms with Crippen LogP contribution < -0.4 is 14.8 Å². The van der Waals surface area contributed by atoms with Gasteiger partial charge in [0, 0.05) is 25.8 Å². The van der Waals surface area contributed by atoms with Crippen molar-refractivity contribution in [1.29, 1.82) is 0 Å². The Kier molecular flexibility index (Phi) is 9.79. The zero-order valence-corrected chi connectivity index (χ0v) is 25.2. The lowest BCUT2D eigenvalue weighted by atomic mass is 9.89. The number of carbonyl (C=O) groups is 1. The van der Waals surface area contributed by atoms with Crippen molar-refractivity contribution in [3.8, 4) is 11.5 Å². The molecule has 43 heavy (non-hydrogen) atoms. The molecule has 0 saturated carbocycles. The second kappa shape index (κ2) is 13.4. The van der Waals surface area contributed by atoms with E-state index in [4.69, 9.17) is 23.7 Å². The van der Waals surface area contributed by atoms with Crippen molar-refractivity contribution in [2.75, 3.05) is 39.7 Å². The van der Waals surface area contributed by atoms with Gasteiger partial charge in [-0.25, -0.2) is 13.2 Å². The number of carbonyl (C=O) groups excluding carboxylic acids is 1. The minimum Gasteiger partial charge on any atom is -0.454 e. The number of sulfonamides is 1. The van der Waals surface area contributed by atoms with E-state index >= 15 is 0 Å². The van der Waals surface area contributed by atoms with Gasteiger partial charge >= 0.3 is 6.09 Å². The van der Waals surface area contributed by atoms with Crippen LogP contribution in [-0.4, -0.2) is 93.3 Å². The van der Waals surface area contributed by atoms with Crippen LogP contribution in [0.4, 0.5) is 4.79 Å². The van der Waals surface area contributed by atoms with E-state index in [9.17, 15) is 23.4 Å². The van der Waals surface area contributed by atoms with Crippen LogP contribution in [0.3, 0.4) is 0 Å². The van der Waals surface area contributed by atoms with Crippen LogP contribution in [0.2, 0.25) is 0 Å². The fourth-order valence-electron chi connectivity index (χ4n) is 5.65. The van der Waals surface area contributed by atoms with E-state index in [1.807, 2.05) is 44.2 Å². The van der Waals surface area contributed by atoms with Gasteiger partial charge < -0.3 is 39.2 Å². The predicted molar refractivity (Wildman–Crippen MR) is 154 cm³/mol. The van der Waals surface area contributed by atoms with Gasteiger partial charge in [0.2, 0.25) is 16.8 Å². The Balaban J connectivity index is 1.37. The van der Waals surface area contributed by atoms with Crippen LogP contribution in [0.5, 0.6) is 11.5 Å². The lowest BCUT2D eigenvalue weighted by molar-refractivity contribution is -0.0907. The molecule has 5 rings (SSSR count). The van der Waals surface area contributed by atoms with Crippen molar-refractivity contribution < 1.29 is 47.1 Å². The zero-order valence-electron chi connectivity index (χ0n) is 24.4. The fourth-order valence-corrected chi connectivity index (χ4v) is 7.31. The summed E-state index contributed by atoms with van der Waals surface area (Å²) in [6.45, 7) is 3.99. The average Bonchev–Trinajstić information content (AvgIpc) is 3.71. The average molecular weight is 621 g/mol. The van der Waals surface area contributed by atoms with Gasteiger partial charge in [0.1, 0.15) is 6.10 Å². The van der Waals surface area contributed by atoms with Crippen molar-refractivity contribution in [3.63, 3.8) is 0 Å². The quantitative estimate of drug-likeness (QED) is 0.304. The Morgan fingerprint density at radius 3 is 2.67 bits per heavy atom. The van der Waals surface area contributed by atoms with E-state index in [0.29, 0.717) is 24.5 Å².